The van der Waals surface area contributed by atoms with Crippen molar-refractivity contribution in [3.8, 4) is 0 Å². The van der Waals surface area contributed by atoms with Crippen molar-refractivity contribution in [2.45, 2.75) is 64.8 Å². The molecule has 0 radical (unpaired) electrons. The van der Waals surface area contributed by atoms with Crippen LogP contribution in [0.1, 0.15) is 68.5 Å². The number of aliphatic hydroxyl groups excluding tert-OH is 1. The molecule has 4 rings (SSSR count). The Morgan fingerprint density at radius 2 is 1.72 bits per heavy atom. The largest absolute Gasteiger partial charge is 0.400 e. The minimum atomic E-state index is 0.622. The van der Waals surface area contributed by atoms with E-state index in [0.717, 1.165) is 85.6 Å². The Balaban J connectivity index is 0.000000334. The Kier molecular flexibility index (Phi) is 18.1. The lowest BCUT2D eigenvalue weighted by molar-refractivity contribution is -0.107. The van der Waals surface area contributed by atoms with Crippen molar-refractivity contribution in [2.24, 2.45) is 11.8 Å². The number of benzene rings is 1. The summed E-state index contributed by atoms with van der Waals surface area (Å²) >= 11 is 1.53. The zero-order valence-corrected chi connectivity index (χ0v) is 25.2. The molecule has 1 aromatic carbocycles. The summed E-state index contributed by atoms with van der Waals surface area (Å²) in [7, 11) is 5.09. The molecule has 2 aliphatic rings. The number of carbonyl (C=O) groups excluding carboxylic acids is 3. The van der Waals surface area contributed by atoms with E-state index in [1.54, 1.807) is 0 Å². The first-order valence-corrected chi connectivity index (χ1v) is 14.7. The maximum absolute atomic E-state index is 10.7. The molecule has 0 atom stereocenters. The van der Waals surface area contributed by atoms with Crippen LogP contribution < -0.4 is 5.32 Å². The Labute approximate surface area is 239 Å². The Hall–Kier alpha value is -2.45. The van der Waals surface area contributed by atoms with Gasteiger partial charge in [0.2, 0.25) is 0 Å². The average molecular weight is 557 g/mol. The predicted molar refractivity (Wildman–Crippen MR) is 165 cm³/mol. The second kappa shape index (κ2) is 20.5. The van der Waals surface area contributed by atoms with Gasteiger partial charge in [-0.15, -0.1) is 11.3 Å². The number of aliphatic hydroxyl groups is 1. The summed E-state index contributed by atoms with van der Waals surface area (Å²) in [4.78, 5) is 34.0. The third-order valence-electron chi connectivity index (χ3n) is 7.25. The monoisotopic (exact) mass is 556 g/mol. The first-order chi connectivity index (χ1) is 18.9. The first-order valence-electron chi connectivity index (χ1n) is 13.9. The molecule has 0 unspecified atom stereocenters. The highest BCUT2D eigenvalue weighted by Gasteiger charge is 2.25. The van der Waals surface area contributed by atoms with E-state index in [0.29, 0.717) is 6.42 Å². The minimum Gasteiger partial charge on any atom is -0.400 e. The number of allylic oxidation sites excluding steroid dienone is 3. The summed E-state index contributed by atoms with van der Waals surface area (Å²) in [5.74, 6) is 1.78. The first kappa shape index (κ1) is 34.6. The Morgan fingerprint density at radius 1 is 1.03 bits per heavy atom. The Morgan fingerprint density at radius 3 is 2.21 bits per heavy atom. The van der Waals surface area contributed by atoms with Crippen LogP contribution in [0.3, 0.4) is 0 Å². The molecule has 7 heteroatoms. The number of aldehydes is 3. The predicted octanol–water partition coefficient (Wildman–Crippen LogP) is 6.10. The Bertz CT molecular complexity index is 1000. The van der Waals surface area contributed by atoms with Crippen LogP contribution in [0.15, 0.2) is 53.6 Å². The second-order valence-electron chi connectivity index (χ2n) is 10.3. The van der Waals surface area contributed by atoms with E-state index in [4.69, 9.17) is 5.11 Å². The number of hydrogen-bond acceptors (Lipinski definition) is 7. The molecule has 1 saturated carbocycles. The molecule has 2 N–H and O–H groups in total. The van der Waals surface area contributed by atoms with Gasteiger partial charge < -0.3 is 15.2 Å². The fourth-order valence-electron chi connectivity index (χ4n) is 4.85. The third-order valence-corrected chi connectivity index (χ3v) is 8.29. The highest BCUT2D eigenvalue weighted by Crippen LogP contribution is 2.32. The summed E-state index contributed by atoms with van der Waals surface area (Å²) in [5.41, 5.74) is 2.41. The van der Waals surface area contributed by atoms with Crippen molar-refractivity contribution in [1.82, 2.24) is 10.2 Å². The molecule has 0 amide bonds. The third kappa shape index (κ3) is 13.0. The van der Waals surface area contributed by atoms with Gasteiger partial charge in [0.15, 0.2) is 6.29 Å². The van der Waals surface area contributed by atoms with Gasteiger partial charge in [-0.3, -0.25) is 14.5 Å². The molecule has 216 valence electrons. The number of likely N-dealkylation sites (N-methyl/N-ethyl adjacent to an activating group) is 1. The molecule has 1 aromatic heterocycles. The highest BCUT2D eigenvalue weighted by molar-refractivity contribution is 7.20. The maximum atomic E-state index is 10.7. The molecule has 6 nitrogen and oxygen atoms in total. The zero-order chi connectivity index (χ0) is 29.0. The van der Waals surface area contributed by atoms with Gasteiger partial charge in [-0.25, -0.2) is 0 Å². The molecule has 2 aliphatic carbocycles. The lowest BCUT2D eigenvalue weighted by Gasteiger charge is -2.36. The van der Waals surface area contributed by atoms with Crippen molar-refractivity contribution in [1.29, 1.82) is 0 Å². The highest BCUT2D eigenvalue weighted by atomic mass is 32.1. The van der Waals surface area contributed by atoms with Crippen molar-refractivity contribution in [2.75, 3.05) is 34.3 Å². The summed E-state index contributed by atoms with van der Waals surface area (Å²) in [6.45, 7) is 6.58. The van der Waals surface area contributed by atoms with Crippen LogP contribution in [0.5, 0.6) is 0 Å². The average Bonchev–Trinajstić information content (AvgIpc) is 3.42. The second-order valence-corrected chi connectivity index (χ2v) is 11.4. The minimum absolute atomic E-state index is 0.622. The van der Waals surface area contributed by atoms with E-state index >= 15 is 0 Å². The summed E-state index contributed by atoms with van der Waals surface area (Å²) in [5, 5.41) is 11.0. The summed E-state index contributed by atoms with van der Waals surface area (Å²) < 4.78 is 1.18. The van der Waals surface area contributed by atoms with Gasteiger partial charge in [-0.1, -0.05) is 49.8 Å². The van der Waals surface area contributed by atoms with Gasteiger partial charge in [-0.2, -0.15) is 0 Å². The van der Waals surface area contributed by atoms with Gasteiger partial charge >= 0.3 is 0 Å². The van der Waals surface area contributed by atoms with Crippen molar-refractivity contribution in [3.63, 3.8) is 0 Å². The molecule has 0 aliphatic heterocycles. The molecule has 2 aromatic rings. The molecule has 0 saturated heterocycles. The van der Waals surface area contributed by atoms with Gasteiger partial charge in [0.05, 0.1) is 4.88 Å². The van der Waals surface area contributed by atoms with Crippen LogP contribution in [0, 0.1) is 11.8 Å². The van der Waals surface area contributed by atoms with E-state index in [9.17, 15) is 14.4 Å². The van der Waals surface area contributed by atoms with E-state index in [2.05, 4.69) is 37.2 Å². The van der Waals surface area contributed by atoms with Crippen molar-refractivity contribution >= 4 is 40.3 Å². The molecule has 0 spiro atoms. The van der Waals surface area contributed by atoms with E-state index < -0.39 is 0 Å². The number of fused-ring (bicyclic) bond motifs is 1. The quantitative estimate of drug-likeness (QED) is 0.287. The number of thiophene rings is 1. The fraction of sp³-hybridized carbons (Fsp3) is 0.531. The normalized spacial score (nSPS) is 18.4. The zero-order valence-electron chi connectivity index (χ0n) is 24.4. The number of nitrogens with one attached hydrogen (secondary N) is 1. The van der Waals surface area contributed by atoms with Crippen LogP contribution in [0.25, 0.3) is 10.1 Å². The molecule has 39 heavy (non-hydrogen) atoms. The van der Waals surface area contributed by atoms with Crippen LogP contribution in [-0.2, 0) is 9.59 Å². The standard InChI is InChI=1S/C18H29NO.C9H6OS.C4H9NO.CH4O/c1-14(2)17-8-10-18(11-9-17)19(3)12-15-4-6-16(13-20)7-5-15;10-6-8-5-7-3-1-2-4-9(7)11-8;1-5-3-2-4-6;1-2/h4,6,13-14,17-18H,5,7-12H2,1-3H3;1-6H;4-5H,2-3H2,1H3;2H,1H3. The topological polar surface area (TPSA) is 86.7 Å². The van der Waals surface area contributed by atoms with E-state index in [1.807, 2.05) is 43.5 Å². The van der Waals surface area contributed by atoms with Gasteiger partial charge in [-0.05, 0) is 87.5 Å². The van der Waals surface area contributed by atoms with E-state index in [-0.39, 0.29) is 0 Å². The van der Waals surface area contributed by atoms with Crippen LogP contribution in [-0.4, -0.2) is 69.2 Å². The van der Waals surface area contributed by atoms with E-state index in [1.165, 1.54) is 47.3 Å². The van der Waals surface area contributed by atoms with Crippen LogP contribution in [0.2, 0.25) is 0 Å². The summed E-state index contributed by atoms with van der Waals surface area (Å²) in [6.07, 6.45) is 15.0. The molecule has 1 heterocycles. The number of carbonyl (C=O) groups is 3. The number of hydrogen-bond donors (Lipinski definition) is 2. The molecular formula is C32H48N2O4S. The van der Waals surface area contributed by atoms with Crippen molar-refractivity contribution in [3.05, 3.63) is 58.5 Å². The van der Waals surface area contributed by atoms with Crippen molar-refractivity contribution < 1.29 is 19.5 Å². The number of nitrogens with zero attached hydrogens (tertiary/aromatic N) is 1. The number of rotatable bonds is 9. The molecule has 1 fully saturated rings. The maximum Gasteiger partial charge on any atom is 0.160 e. The smallest absolute Gasteiger partial charge is 0.160 e. The van der Waals surface area contributed by atoms with Crippen LogP contribution >= 0.6 is 11.3 Å². The fourth-order valence-corrected chi connectivity index (χ4v) is 5.73. The van der Waals surface area contributed by atoms with Crippen LogP contribution in [0.4, 0.5) is 0 Å². The summed E-state index contributed by atoms with van der Waals surface area (Å²) in [6, 6.07) is 10.7. The van der Waals surface area contributed by atoms with Gasteiger partial charge in [0, 0.05) is 37.4 Å². The SMILES string of the molecule is CC(C)C1CCC(N(C)CC2=CC=C(C=O)CC2)CC1.CNCCC=O.CO.O=Cc1cc2ccccc2s1. The lowest BCUT2D eigenvalue weighted by Crippen LogP contribution is -2.37. The van der Waals surface area contributed by atoms with Gasteiger partial charge in [0.25, 0.3) is 0 Å². The lowest BCUT2D eigenvalue weighted by atomic mass is 9.79. The molecular weight excluding hydrogens is 508 g/mol. The molecule has 0 bridgehead atoms. The van der Waals surface area contributed by atoms with Gasteiger partial charge in [0.1, 0.15) is 12.6 Å².